The number of carboxylic acids is 1. The third-order valence-corrected chi connectivity index (χ3v) is 2.77. The second-order valence-electron chi connectivity index (χ2n) is 4.14. The number of nitrogens with zero attached hydrogens (tertiary/aromatic N) is 1. The second kappa shape index (κ2) is 4.92. The Balaban J connectivity index is 2.23. The minimum absolute atomic E-state index is 0.0853. The number of nitrogens with one attached hydrogen (secondary N) is 2. The van der Waals surface area contributed by atoms with Crippen molar-refractivity contribution < 1.29 is 19.6 Å². The van der Waals surface area contributed by atoms with Crippen LogP contribution in [0.1, 0.15) is 16.8 Å². The van der Waals surface area contributed by atoms with E-state index in [0.29, 0.717) is 18.7 Å². The molecular weight excluding hydrogens is 254 g/mol. The SMILES string of the molecule is O=C1CC(Nc2ccc([N+](=O)[O-])c(C(=O)O)c2)CN1. The molecule has 0 radical (unpaired) electrons. The number of rotatable bonds is 4. The van der Waals surface area contributed by atoms with E-state index in [-0.39, 0.29) is 17.5 Å². The molecule has 19 heavy (non-hydrogen) atoms. The summed E-state index contributed by atoms with van der Waals surface area (Å²) < 4.78 is 0. The van der Waals surface area contributed by atoms with E-state index in [1.807, 2.05) is 0 Å². The second-order valence-corrected chi connectivity index (χ2v) is 4.14. The van der Waals surface area contributed by atoms with E-state index in [2.05, 4.69) is 10.6 Å². The number of aromatic carboxylic acids is 1. The molecule has 2 rings (SSSR count). The zero-order valence-electron chi connectivity index (χ0n) is 9.75. The number of carbonyl (C=O) groups is 2. The molecule has 1 aliphatic rings. The van der Waals surface area contributed by atoms with Gasteiger partial charge in [0.05, 0.1) is 11.0 Å². The molecule has 0 aromatic heterocycles. The standard InChI is InChI=1S/C11H11N3O5/c15-10-4-7(5-12-10)13-6-1-2-9(14(18)19)8(3-6)11(16)17/h1-3,7,13H,4-5H2,(H,12,15)(H,16,17). The summed E-state index contributed by atoms with van der Waals surface area (Å²) in [5.74, 6) is -1.45. The van der Waals surface area contributed by atoms with Gasteiger partial charge in [-0.05, 0) is 12.1 Å². The highest BCUT2D eigenvalue weighted by Gasteiger charge is 2.23. The lowest BCUT2D eigenvalue weighted by molar-refractivity contribution is -0.385. The highest BCUT2D eigenvalue weighted by Crippen LogP contribution is 2.23. The molecule has 1 amide bonds. The molecule has 1 saturated heterocycles. The Labute approximate surface area is 107 Å². The zero-order valence-corrected chi connectivity index (χ0v) is 9.75. The van der Waals surface area contributed by atoms with Crippen molar-refractivity contribution in [3.05, 3.63) is 33.9 Å². The molecule has 1 fully saturated rings. The summed E-state index contributed by atoms with van der Waals surface area (Å²) >= 11 is 0. The van der Waals surface area contributed by atoms with Gasteiger partial charge in [-0.3, -0.25) is 14.9 Å². The van der Waals surface area contributed by atoms with Crippen molar-refractivity contribution in [1.82, 2.24) is 5.32 Å². The molecule has 1 aromatic carbocycles. The summed E-state index contributed by atoms with van der Waals surface area (Å²) in [5, 5.41) is 25.2. The first kappa shape index (κ1) is 12.8. The van der Waals surface area contributed by atoms with Gasteiger partial charge in [0, 0.05) is 24.7 Å². The van der Waals surface area contributed by atoms with E-state index in [9.17, 15) is 19.7 Å². The average molecular weight is 265 g/mol. The topological polar surface area (TPSA) is 122 Å². The van der Waals surface area contributed by atoms with E-state index < -0.39 is 16.6 Å². The van der Waals surface area contributed by atoms with Crippen molar-refractivity contribution in [2.45, 2.75) is 12.5 Å². The number of anilines is 1. The van der Waals surface area contributed by atoms with Crippen LogP contribution in [0.3, 0.4) is 0 Å². The zero-order chi connectivity index (χ0) is 14.0. The molecule has 1 atom stereocenters. The fourth-order valence-electron chi connectivity index (χ4n) is 1.90. The normalized spacial score (nSPS) is 17.9. The summed E-state index contributed by atoms with van der Waals surface area (Å²) in [6, 6.07) is 3.61. The number of nitro groups is 1. The van der Waals surface area contributed by atoms with Gasteiger partial charge in [0.1, 0.15) is 5.56 Å². The van der Waals surface area contributed by atoms with Gasteiger partial charge in [-0.15, -0.1) is 0 Å². The minimum Gasteiger partial charge on any atom is -0.477 e. The van der Waals surface area contributed by atoms with Crippen LogP contribution < -0.4 is 10.6 Å². The molecule has 8 nitrogen and oxygen atoms in total. The Morgan fingerprint density at radius 2 is 2.26 bits per heavy atom. The highest BCUT2D eigenvalue weighted by atomic mass is 16.6. The van der Waals surface area contributed by atoms with Crippen LogP contribution in [0.25, 0.3) is 0 Å². The molecule has 1 aliphatic heterocycles. The van der Waals surface area contributed by atoms with Gasteiger partial charge >= 0.3 is 5.97 Å². The van der Waals surface area contributed by atoms with Gasteiger partial charge in [0.25, 0.3) is 5.69 Å². The molecule has 0 saturated carbocycles. The molecule has 0 bridgehead atoms. The number of benzene rings is 1. The lowest BCUT2D eigenvalue weighted by atomic mass is 10.1. The molecule has 1 heterocycles. The van der Waals surface area contributed by atoms with Gasteiger partial charge in [-0.2, -0.15) is 0 Å². The molecular formula is C11H11N3O5. The quantitative estimate of drug-likeness (QED) is 0.541. The maximum atomic E-state index is 11.0. The van der Waals surface area contributed by atoms with Crippen LogP contribution >= 0.6 is 0 Å². The first-order valence-electron chi connectivity index (χ1n) is 5.52. The van der Waals surface area contributed by atoms with Crippen molar-refractivity contribution in [3.8, 4) is 0 Å². The third-order valence-electron chi connectivity index (χ3n) is 2.77. The van der Waals surface area contributed by atoms with Gasteiger partial charge in [-0.1, -0.05) is 0 Å². The van der Waals surface area contributed by atoms with Crippen LogP contribution in [-0.2, 0) is 4.79 Å². The van der Waals surface area contributed by atoms with Crippen molar-refractivity contribution in [3.63, 3.8) is 0 Å². The van der Waals surface area contributed by atoms with Gasteiger partial charge in [0.15, 0.2) is 0 Å². The fraction of sp³-hybridized carbons (Fsp3) is 0.273. The molecule has 1 unspecified atom stereocenters. The van der Waals surface area contributed by atoms with Crippen LogP contribution in [0.4, 0.5) is 11.4 Å². The number of carboxylic acid groups (broad SMARTS) is 1. The van der Waals surface area contributed by atoms with Crippen LogP contribution in [-0.4, -0.2) is 34.5 Å². The van der Waals surface area contributed by atoms with E-state index in [4.69, 9.17) is 5.11 Å². The summed E-state index contributed by atoms with van der Waals surface area (Å²) in [6.07, 6.45) is 0.291. The number of carbonyl (C=O) groups excluding carboxylic acids is 1. The Bertz CT molecular complexity index is 557. The fourth-order valence-corrected chi connectivity index (χ4v) is 1.90. The summed E-state index contributed by atoms with van der Waals surface area (Å²) in [7, 11) is 0. The van der Waals surface area contributed by atoms with Crippen molar-refractivity contribution in [2.75, 3.05) is 11.9 Å². The first-order chi connectivity index (χ1) is 8.97. The molecule has 8 heteroatoms. The van der Waals surface area contributed by atoms with Gasteiger partial charge in [0.2, 0.25) is 5.91 Å². The van der Waals surface area contributed by atoms with Gasteiger partial charge in [-0.25, -0.2) is 4.79 Å². The number of hydrogen-bond acceptors (Lipinski definition) is 5. The third kappa shape index (κ3) is 2.79. The van der Waals surface area contributed by atoms with Crippen LogP contribution in [0.15, 0.2) is 18.2 Å². The lowest BCUT2D eigenvalue weighted by Crippen LogP contribution is -2.22. The van der Waals surface area contributed by atoms with Crippen molar-refractivity contribution in [2.24, 2.45) is 0 Å². The van der Waals surface area contributed by atoms with Crippen LogP contribution in [0.2, 0.25) is 0 Å². The molecule has 3 N–H and O–H groups in total. The lowest BCUT2D eigenvalue weighted by Gasteiger charge is -2.12. The molecule has 100 valence electrons. The Morgan fingerprint density at radius 3 is 2.79 bits per heavy atom. The molecule has 0 spiro atoms. The van der Waals surface area contributed by atoms with Crippen molar-refractivity contribution in [1.29, 1.82) is 0 Å². The van der Waals surface area contributed by atoms with E-state index >= 15 is 0 Å². The predicted molar refractivity (Wildman–Crippen MR) is 65.1 cm³/mol. The smallest absolute Gasteiger partial charge is 0.342 e. The van der Waals surface area contributed by atoms with E-state index in [0.717, 1.165) is 6.07 Å². The van der Waals surface area contributed by atoms with E-state index in [1.54, 1.807) is 0 Å². The Kier molecular flexibility index (Phi) is 3.32. The monoisotopic (exact) mass is 265 g/mol. The van der Waals surface area contributed by atoms with Crippen molar-refractivity contribution >= 4 is 23.3 Å². The van der Waals surface area contributed by atoms with E-state index in [1.165, 1.54) is 12.1 Å². The number of nitro benzene ring substituents is 1. The maximum Gasteiger partial charge on any atom is 0.342 e. The summed E-state index contributed by atoms with van der Waals surface area (Å²) in [4.78, 5) is 31.9. The average Bonchev–Trinajstić information content (AvgIpc) is 2.74. The number of hydrogen-bond donors (Lipinski definition) is 3. The maximum absolute atomic E-state index is 11.0. The van der Waals surface area contributed by atoms with Crippen LogP contribution in [0.5, 0.6) is 0 Å². The Hall–Kier alpha value is -2.64. The Morgan fingerprint density at radius 1 is 1.53 bits per heavy atom. The highest BCUT2D eigenvalue weighted by molar-refractivity contribution is 5.93. The van der Waals surface area contributed by atoms with Gasteiger partial charge < -0.3 is 15.7 Å². The predicted octanol–water partition coefficient (Wildman–Crippen LogP) is 0.593. The minimum atomic E-state index is -1.36. The molecule has 0 aliphatic carbocycles. The largest absolute Gasteiger partial charge is 0.477 e. The number of amides is 1. The molecule has 1 aromatic rings. The summed E-state index contributed by atoms with van der Waals surface area (Å²) in [5.41, 5.74) is -0.407. The van der Waals surface area contributed by atoms with Crippen LogP contribution in [0, 0.1) is 10.1 Å². The first-order valence-corrected chi connectivity index (χ1v) is 5.52. The summed E-state index contributed by atoms with van der Waals surface area (Å²) in [6.45, 7) is 0.443.